The SMILES string of the molecule is Cc1ccc(OCC(=O)Nc2cccc(S(=O)(=O)NCc3ccco3)c2)cc1C. The van der Waals surface area contributed by atoms with Crippen LogP contribution in [0.4, 0.5) is 5.69 Å². The van der Waals surface area contributed by atoms with E-state index in [1.54, 1.807) is 30.3 Å². The Bertz CT molecular complexity index is 1090. The second-order valence-corrected chi connectivity index (χ2v) is 8.28. The summed E-state index contributed by atoms with van der Waals surface area (Å²) < 4.78 is 38.0. The molecule has 2 N–H and O–H groups in total. The molecule has 7 nitrogen and oxygen atoms in total. The summed E-state index contributed by atoms with van der Waals surface area (Å²) in [5.74, 6) is 0.713. The Morgan fingerprint density at radius 3 is 2.59 bits per heavy atom. The molecule has 0 bridgehead atoms. The molecule has 2 aromatic carbocycles. The largest absolute Gasteiger partial charge is 0.484 e. The monoisotopic (exact) mass is 414 g/mol. The van der Waals surface area contributed by atoms with E-state index in [0.29, 0.717) is 17.2 Å². The van der Waals surface area contributed by atoms with Gasteiger partial charge in [-0.3, -0.25) is 4.79 Å². The fourth-order valence-corrected chi connectivity index (χ4v) is 3.59. The number of amides is 1. The Morgan fingerprint density at radius 1 is 1.03 bits per heavy atom. The van der Waals surface area contributed by atoms with E-state index in [1.165, 1.54) is 18.4 Å². The number of ether oxygens (including phenoxy) is 1. The van der Waals surface area contributed by atoms with Crippen LogP contribution in [0.3, 0.4) is 0 Å². The molecule has 1 heterocycles. The van der Waals surface area contributed by atoms with E-state index in [2.05, 4.69) is 10.0 Å². The van der Waals surface area contributed by atoms with E-state index < -0.39 is 10.0 Å². The maximum absolute atomic E-state index is 12.4. The van der Waals surface area contributed by atoms with Crippen LogP contribution >= 0.6 is 0 Å². The van der Waals surface area contributed by atoms with Crippen molar-refractivity contribution >= 4 is 21.6 Å². The summed E-state index contributed by atoms with van der Waals surface area (Å²) in [6, 6.07) is 14.9. The van der Waals surface area contributed by atoms with Gasteiger partial charge in [0.2, 0.25) is 10.0 Å². The second kappa shape index (κ2) is 8.93. The van der Waals surface area contributed by atoms with Crippen LogP contribution in [0.5, 0.6) is 5.75 Å². The highest BCUT2D eigenvalue weighted by Crippen LogP contribution is 2.18. The van der Waals surface area contributed by atoms with Gasteiger partial charge >= 0.3 is 0 Å². The number of sulfonamides is 1. The molecule has 0 aliphatic heterocycles. The predicted octanol–water partition coefficient (Wildman–Crippen LogP) is 3.39. The first-order valence-corrected chi connectivity index (χ1v) is 10.4. The Morgan fingerprint density at radius 2 is 1.86 bits per heavy atom. The molecule has 0 aliphatic carbocycles. The molecule has 1 amide bonds. The van der Waals surface area contributed by atoms with E-state index in [9.17, 15) is 13.2 Å². The van der Waals surface area contributed by atoms with Crippen molar-refractivity contribution in [1.82, 2.24) is 4.72 Å². The van der Waals surface area contributed by atoms with Crippen LogP contribution in [0.1, 0.15) is 16.9 Å². The number of aryl methyl sites for hydroxylation is 2. The van der Waals surface area contributed by atoms with Gasteiger partial charge in [0.05, 0.1) is 17.7 Å². The molecular weight excluding hydrogens is 392 g/mol. The third kappa shape index (κ3) is 5.69. The lowest BCUT2D eigenvalue weighted by atomic mass is 10.1. The molecule has 0 unspecified atom stereocenters. The van der Waals surface area contributed by atoms with Crippen LogP contribution in [0.15, 0.2) is 70.2 Å². The average Bonchev–Trinajstić information content (AvgIpc) is 3.21. The fourth-order valence-electron chi connectivity index (χ4n) is 2.55. The number of benzene rings is 2. The predicted molar refractivity (Wildman–Crippen MR) is 109 cm³/mol. The van der Waals surface area contributed by atoms with Gasteiger partial charge < -0.3 is 14.5 Å². The van der Waals surface area contributed by atoms with Crippen molar-refractivity contribution in [3.8, 4) is 5.75 Å². The molecule has 3 aromatic rings. The van der Waals surface area contributed by atoms with Crippen LogP contribution in [0, 0.1) is 13.8 Å². The lowest BCUT2D eigenvalue weighted by Gasteiger charge is -2.10. The van der Waals surface area contributed by atoms with Gasteiger partial charge in [0.15, 0.2) is 6.61 Å². The quantitative estimate of drug-likeness (QED) is 0.589. The minimum atomic E-state index is -3.75. The number of anilines is 1. The van der Waals surface area contributed by atoms with Crippen LogP contribution in [-0.2, 0) is 21.4 Å². The maximum Gasteiger partial charge on any atom is 0.262 e. The lowest BCUT2D eigenvalue weighted by Crippen LogP contribution is -2.24. The van der Waals surface area contributed by atoms with E-state index in [0.717, 1.165) is 11.1 Å². The Labute approximate surface area is 169 Å². The zero-order valence-electron chi connectivity index (χ0n) is 16.1. The van der Waals surface area contributed by atoms with E-state index in [1.807, 2.05) is 26.0 Å². The van der Waals surface area contributed by atoms with E-state index >= 15 is 0 Å². The molecule has 0 saturated heterocycles. The number of rotatable bonds is 8. The van der Waals surface area contributed by atoms with Crippen molar-refractivity contribution in [2.75, 3.05) is 11.9 Å². The average molecular weight is 414 g/mol. The standard InChI is InChI=1S/C21H22N2O5S/c1-15-8-9-18(11-16(15)2)28-14-21(24)23-17-5-3-7-20(12-17)29(25,26)22-13-19-6-4-10-27-19/h3-12,22H,13-14H2,1-2H3,(H,23,24). The molecule has 1 aromatic heterocycles. The molecule has 0 atom stereocenters. The van der Waals surface area contributed by atoms with Gasteiger partial charge in [0.25, 0.3) is 5.91 Å². The normalized spacial score (nSPS) is 11.2. The van der Waals surface area contributed by atoms with Crippen molar-refractivity contribution < 1.29 is 22.4 Å². The minimum absolute atomic E-state index is 0.0374. The van der Waals surface area contributed by atoms with Crippen LogP contribution in [-0.4, -0.2) is 20.9 Å². The van der Waals surface area contributed by atoms with Gasteiger partial charge in [0.1, 0.15) is 11.5 Å². The summed E-state index contributed by atoms with van der Waals surface area (Å²) in [4.78, 5) is 12.2. The second-order valence-electron chi connectivity index (χ2n) is 6.51. The van der Waals surface area contributed by atoms with Gasteiger partial charge in [-0.25, -0.2) is 13.1 Å². The summed E-state index contributed by atoms with van der Waals surface area (Å²) in [6.07, 6.45) is 1.47. The summed E-state index contributed by atoms with van der Waals surface area (Å²) in [5, 5.41) is 2.65. The molecule has 152 valence electrons. The van der Waals surface area contributed by atoms with Gasteiger partial charge in [-0.1, -0.05) is 12.1 Å². The highest BCUT2D eigenvalue weighted by molar-refractivity contribution is 7.89. The van der Waals surface area contributed by atoms with Gasteiger partial charge in [0, 0.05) is 5.69 Å². The highest BCUT2D eigenvalue weighted by Gasteiger charge is 2.15. The van der Waals surface area contributed by atoms with E-state index in [-0.39, 0.29) is 24.0 Å². The van der Waals surface area contributed by atoms with Gasteiger partial charge in [-0.2, -0.15) is 0 Å². The van der Waals surface area contributed by atoms with Crippen molar-refractivity contribution in [3.63, 3.8) is 0 Å². The lowest BCUT2D eigenvalue weighted by molar-refractivity contribution is -0.118. The first-order chi connectivity index (χ1) is 13.8. The molecule has 0 radical (unpaired) electrons. The highest BCUT2D eigenvalue weighted by atomic mass is 32.2. The molecule has 0 spiro atoms. The number of hydrogen-bond acceptors (Lipinski definition) is 5. The molecule has 0 fully saturated rings. The van der Waals surface area contributed by atoms with Crippen LogP contribution in [0.25, 0.3) is 0 Å². The minimum Gasteiger partial charge on any atom is -0.484 e. The molecule has 0 saturated carbocycles. The van der Waals surface area contributed by atoms with Gasteiger partial charge in [-0.05, 0) is 67.4 Å². The van der Waals surface area contributed by atoms with Crippen molar-refractivity contribution in [2.24, 2.45) is 0 Å². The fraction of sp³-hybridized carbons (Fsp3) is 0.190. The number of carbonyl (C=O) groups excluding carboxylic acids is 1. The smallest absolute Gasteiger partial charge is 0.262 e. The Hall–Kier alpha value is -3.10. The summed E-state index contributed by atoms with van der Waals surface area (Å²) in [7, 11) is -3.75. The van der Waals surface area contributed by atoms with Gasteiger partial charge in [-0.15, -0.1) is 0 Å². The molecule has 8 heteroatoms. The van der Waals surface area contributed by atoms with Crippen molar-refractivity contribution in [3.05, 3.63) is 77.7 Å². The number of carbonyl (C=O) groups is 1. The first-order valence-electron chi connectivity index (χ1n) is 8.95. The summed E-state index contributed by atoms with van der Waals surface area (Å²) >= 11 is 0. The third-order valence-electron chi connectivity index (χ3n) is 4.29. The van der Waals surface area contributed by atoms with Crippen LogP contribution in [0.2, 0.25) is 0 Å². The maximum atomic E-state index is 12.4. The van der Waals surface area contributed by atoms with E-state index in [4.69, 9.17) is 9.15 Å². The third-order valence-corrected chi connectivity index (χ3v) is 5.69. The zero-order valence-corrected chi connectivity index (χ0v) is 17.0. The molecular formula is C21H22N2O5S. The molecule has 0 aliphatic rings. The topological polar surface area (TPSA) is 97.6 Å². The number of hydrogen-bond donors (Lipinski definition) is 2. The first kappa shape index (κ1) is 20.6. The zero-order chi connectivity index (χ0) is 20.9. The Balaban J connectivity index is 1.59. The number of nitrogens with one attached hydrogen (secondary N) is 2. The summed E-state index contributed by atoms with van der Waals surface area (Å²) in [6.45, 7) is 3.82. The van der Waals surface area contributed by atoms with Crippen molar-refractivity contribution in [1.29, 1.82) is 0 Å². The molecule has 29 heavy (non-hydrogen) atoms. The summed E-state index contributed by atoms with van der Waals surface area (Å²) in [5.41, 5.74) is 2.57. The van der Waals surface area contributed by atoms with Crippen molar-refractivity contribution in [2.45, 2.75) is 25.3 Å². The van der Waals surface area contributed by atoms with Crippen LogP contribution < -0.4 is 14.8 Å². The molecule has 3 rings (SSSR count). The Kier molecular flexibility index (Phi) is 6.36. The number of furan rings is 1.